The van der Waals surface area contributed by atoms with Crippen LogP contribution in [0.25, 0.3) is 0 Å². The molecule has 0 aliphatic carbocycles. The Morgan fingerprint density at radius 3 is 2.83 bits per heavy atom. The fourth-order valence-corrected chi connectivity index (χ4v) is 3.02. The van der Waals surface area contributed by atoms with E-state index in [1.807, 2.05) is 11.4 Å². The van der Waals surface area contributed by atoms with E-state index in [4.69, 9.17) is 5.26 Å². The van der Waals surface area contributed by atoms with Crippen LogP contribution in [0.15, 0.2) is 40.2 Å². The monoisotopic (exact) mass is 320 g/mol. The summed E-state index contributed by atoms with van der Waals surface area (Å²) in [5, 5.41) is 10.7. The first-order chi connectivity index (χ1) is 8.63. The van der Waals surface area contributed by atoms with E-state index in [2.05, 4.69) is 22.0 Å². The molecule has 1 aromatic carbocycles. The van der Waals surface area contributed by atoms with Gasteiger partial charge in [0.1, 0.15) is 4.88 Å². The SMILES string of the molecule is CN(C(=O)c1sccc1Br)c1cccc(C#N)c1. The number of hydrogen-bond donors (Lipinski definition) is 0. The summed E-state index contributed by atoms with van der Waals surface area (Å²) in [6.07, 6.45) is 0. The molecule has 3 nitrogen and oxygen atoms in total. The minimum absolute atomic E-state index is 0.0908. The summed E-state index contributed by atoms with van der Waals surface area (Å²) in [6, 6.07) is 10.9. The van der Waals surface area contributed by atoms with Crippen molar-refractivity contribution in [2.24, 2.45) is 0 Å². The van der Waals surface area contributed by atoms with E-state index >= 15 is 0 Å². The Hall–Kier alpha value is -1.64. The summed E-state index contributed by atoms with van der Waals surface area (Å²) in [5.41, 5.74) is 1.25. The molecule has 0 saturated carbocycles. The van der Waals surface area contributed by atoms with E-state index in [1.165, 1.54) is 16.2 Å². The van der Waals surface area contributed by atoms with Gasteiger partial charge < -0.3 is 4.90 Å². The summed E-state index contributed by atoms with van der Waals surface area (Å²) in [7, 11) is 1.70. The second-order valence-electron chi connectivity index (χ2n) is 3.62. The molecule has 2 rings (SSSR count). The summed E-state index contributed by atoms with van der Waals surface area (Å²) in [6.45, 7) is 0. The lowest BCUT2D eigenvalue weighted by atomic mass is 10.2. The Bertz CT molecular complexity index is 630. The fraction of sp³-hybridized carbons (Fsp3) is 0.0769. The number of rotatable bonds is 2. The first-order valence-electron chi connectivity index (χ1n) is 5.14. The van der Waals surface area contributed by atoms with Gasteiger partial charge in [-0.1, -0.05) is 6.07 Å². The van der Waals surface area contributed by atoms with Crippen molar-refractivity contribution < 1.29 is 4.79 Å². The number of anilines is 1. The number of hydrogen-bond acceptors (Lipinski definition) is 3. The Morgan fingerprint density at radius 2 is 2.22 bits per heavy atom. The van der Waals surface area contributed by atoms with Gasteiger partial charge >= 0.3 is 0 Å². The van der Waals surface area contributed by atoms with Gasteiger partial charge in [0.25, 0.3) is 5.91 Å². The van der Waals surface area contributed by atoms with E-state index < -0.39 is 0 Å². The van der Waals surface area contributed by atoms with Crippen molar-refractivity contribution in [3.05, 3.63) is 50.6 Å². The van der Waals surface area contributed by atoms with Crippen LogP contribution in [0.4, 0.5) is 5.69 Å². The van der Waals surface area contributed by atoms with Gasteiger partial charge in [-0.05, 0) is 45.6 Å². The zero-order valence-corrected chi connectivity index (χ0v) is 12.0. The minimum atomic E-state index is -0.0908. The smallest absolute Gasteiger partial charge is 0.269 e. The highest BCUT2D eigenvalue weighted by atomic mass is 79.9. The number of thiophene rings is 1. The molecule has 0 saturated heterocycles. The molecule has 0 radical (unpaired) electrons. The minimum Gasteiger partial charge on any atom is -0.311 e. The molecule has 1 heterocycles. The number of carbonyl (C=O) groups excluding carboxylic acids is 1. The molecule has 1 amide bonds. The zero-order chi connectivity index (χ0) is 13.1. The maximum absolute atomic E-state index is 12.3. The van der Waals surface area contributed by atoms with Crippen LogP contribution in [0.3, 0.4) is 0 Å². The Labute approximate surface area is 117 Å². The van der Waals surface area contributed by atoms with E-state index in [-0.39, 0.29) is 5.91 Å². The molecule has 0 aliphatic rings. The third-order valence-corrected chi connectivity index (χ3v) is 4.30. The van der Waals surface area contributed by atoms with E-state index in [9.17, 15) is 4.79 Å². The number of amides is 1. The Morgan fingerprint density at radius 1 is 1.44 bits per heavy atom. The topological polar surface area (TPSA) is 44.1 Å². The third-order valence-electron chi connectivity index (χ3n) is 2.48. The van der Waals surface area contributed by atoms with E-state index in [0.29, 0.717) is 16.1 Å². The van der Waals surface area contributed by atoms with Crippen LogP contribution < -0.4 is 4.90 Å². The number of nitriles is 1. The van der Waals surface area contributed by atoms with Crippen molar-refractivity contribution >= 4 is 38.9 Å². The van der Waals surface area contributed by atoms with Crippen molar-refractivity contribution in [2.75, 3.05) is 11.9 Å². The fourth-order valence-electron chi connectivity index (χ4n) is 1.50. The number of benzene rings is 1. The van der Waals surface area contributed by atoms with Gasteiger partial charge in [-0.3, -0.25) is 4.79 Å². The molecule has 0 unspecified atom stereocenters. The van der Waals surface area contributed by atoms with Crippen molar-refractivity contribution in [1.82, 2.24) is 0 Å². The van der Waals surface area contributed by atoms with Gasteiger partial charge in [-0.2, -0.15) is 5.26 Å². The second kappa shape index (κ2) is 5.34. The van der Waals surface area contributed by atoms with E-state index in [1.54, 1.807) is 31.3 Å². The maximum atomic E-state index is 12.3. The lowest BCUT2D eigenvalue weighted by Gasteiger charge is -2.16. The Kier molecular flexibility index (Phi) is 3.80. The average Bonchev–Trinajstić information content (AvgIpc) is 2.83. The van der Waals surface area contributed by atoms with Crippen molar-refractivity contribution in [2.45, 2.75) is 0 Å². The molecule has 2 aromatic rings. The second-order valence-corrected chi connectivity index (χ2v) is 5.39. The first-order valence-corrected chi connectivity index (χ1v) is 6.82. The molecule has 0 spiro atoms. The maximum Gasteiger partial charge on any atom is 0.269 e. The van der Waals surface area contributed by atoms with Crippen LogP contribution in [0, 0.1) is 11.3 Å². The van der Waals surface area contributed by atoms with Crippen molar-refractivity contribution in [3.63, 3.8) is 0 Å². The van der Waals surface area contributed by atoms with Crippen LogP contribution in [-0.2, 0) is 0 Å². The molecule has 18 heavy (non-hydrogen) atoms. The van der Waals surface area contributed by atoms with Crippen LogP contribution in [0.1, 0.15) is 15.2 Å². The quantitative estimate of drug-likeness (QED) is 0.847. The third kappa shape index (κ3) is 2.45. The lowest BCUT2D eigenvalue weighted by Crippen LogP contribution is -2.25. The molecule has 5 heteroatoms. The van der Waals surface area contributed by atoms with Gasteiger partial charge in [0.15, 0.2) is 0 Å². The summed E-state index contributed by atoms with van der Waals surface area (Å²) < 4.78 is 0.792. The van der Waals surface area contributed by atoms with Gasteiger partial charge in [0.2, 0.25) is 0 Å². The molecule has 0 aliphatic heterocycles. The van der Waals surface area contributed by atoms with Gasteiger partial charge in [-0.15, -0.1) is 11.3 Å². The molecule has 0 N–H and O–H groups in total. The molecular formula is C13H9BrN2OS. The highest BCUT2D eigenvalue weighted by Gasteiger charge is 2.17. The normalized spacial score (nSPS) is 9.83. The van der Waals surface area contributed by atoms with E-state index in [0.717, 1.165) is 4.47 Å². The molecule has 0 fully saturated rings. The van der Waals surface area contributed by atoms with Crippen LogP contribution >= 0.6 is 27.3 Å². The van der Waals surface area contributed by atoms with Gasteiger partial charge in [0, 0.05) is 17.2 Å². The molecule has 1 aromatic heterocycles. The van der Waals surface area contributed by atoms with Crippen LogP contribution in [0.2, 0.25) is 0 Å². The lowest BCUT2D eigenvalue weighted by molar-refractivity contribution is 0.0996. The largest absolute Gasteiger partial charge is 0.311 e. The van der Waals surface area contributed by atoms with Crippen LogP contribution in [0.5, 0.6) is 0 Å². The predicted octanol–water partition coefficient (Wildman–Crippen LogP) is 3.66. The first kappa shape index (κ1) is 12.8. The van der Waals surface area contributed by atoms with Crippen molar-refractivity contribution in [3.8, 4) is 6.07 Å². The summed E-state index contributed by atoms with van der Waals surface area (Å²) in [5.74, 6) is -0.0908. The van der Waals surface area contributed by atoms with Gasteiger partial charge in [0.05, 0.1) is 11.6 Å². The summed E-state index contributed by atoms with van der Waals surface area (Å²) >= 11 is 4.73. The average molecular weight is 321 g/mol. The standard InChI is InChI=1S/C13H9BrN2OS/c1-16(10-4-2-3-9(7-10)8-15)13(17)12-11(14)5-6-18-12/h2-7H,1H3. The van der Waals surface area contributed by atoms with Crippen molar-refractivity contribution in [1.29, 1.82) is 5.26 Å². The molecule has 0 bridgehead atoms. The molecule has 90 valence electrons. The summed E-state index contributed by atoms with van der Waals surface area (Å²) in [4.78, 5) is 14.4. The van der Waals surface area contributed by atoms with Crippen LogP contribution in [-0.4, -0.2) is 13.0 Å². The molecule has 0 atom stereocenters. The highest BCUT2D eigenvalue weighted by molar-refractivity contribution is 9.10. The number of halogens is 1. The Balaban J connectivity index is 2.32. The zero-order valence-electron chi connectivity index (χ0n) is 9.55. The predicted molar refractivity (Wildman–Crippen MR) is 75.9 cm³/mol. The number of carbonyl (C=O) groups is 1. The number of nitrogens with zero attached hydrogens (tertiary/aromatic N) is 2. The molecular weight excluding hydrogens is 312 g/mol. The van der Waals surface area contributed by atoms with Gasteiger partial charge in [-0.25, -0.2) is 0 Å². The highest BCUT2D eigenvalue weighted by Crippen LogP contribution is 2.26.